The maximum atomic E-state index is 12.0. The fourth-order valence-electron chi connectivity index (χ4n) is 1.37. The summed E-state index contributed by atoms with van der Waals surface area (Å²) in [6.07, 6.45) is 0. The zero-order chi connectivity index (χ0) is 12.5. The van der Waals surface area contributed by atoms with Crippen LogP contribution in [0.2, 0.25) is 0 Å². The standard InChI is InChI=1S/C10H16N2O3S/c1-7-5-8(11)10(15-4)9(6-7)16(13,14)12(2)3/h5-6H,11H2,1-4H3. The van der Waals surface area contributed by atoms with Crippen LogP contribution in [0, 0.1) is 6.92 Å². The van der Waals surface area contributed by atoms with Crippen LogP contribution in [-0.2, 0) is 10.0 Å². The van der Waals surface area contributed by atoms with E-state index in [0.717, 1.165) is 9.87 Å². The number of benzene rings is 1. The van der Waals surface area contributed by atoms with Crippen LogP contribution >= 0.6 is 0 Å². The summed E-state index contributed by atoms with van der Waals surface area (Å²) in [5.41, 5.74) is 6.82. The van der Waals surface area contributed by atoms with Crippen molar-refractivity contribution >= 4 is 15.7 Å². The molecule has 1 rings (SSSR count). The highest BCUT2D eigenvalue weighted by Gasteiger charge is 2.23. The summed E-state index contributed by atoms with van der Waals surface area (Å²) < 4.78 is 30.2. The number of nitrogens with zero attached hydrogens (tertiary/aromatic N) is 1. The number of nitrogens with two attached hydrogens (primary N) is 1. The van der Waals surface area contributed by atoms with Gasteiger partial charge < -0.3 is 10.5 Å². The molecule has 6 heteroatoms. The Kier molecular flexibility index (Phi) is 3.44. The van der Waals surface area contributed by atoms with Crippen molar-refractivity contribution in [1.82, 2.24) is 4.31 Å². The lowest BCUT2D eigenvalue weighted by Crippen LogP contribution is -2.23. The predicted octanol–water partition coefficient (Wildman–Crippen LogP) is 0.836. The number of hydrogen-bond acceptors (Lipinski definition) is 4. The predicted molar refractivity (Wildman–Crippen MR) is 63.0 cm³/mol. The maximum absolute atomic E-state index is 12.0. The molecule has 90 valence electrons. The molecule has 0 saturated heterocycles. The Labute approximate surface area is 95.9 Å². The maximum Gasteiger partial charge on any atom is 0.246 e. The zero-order valence-electron chi connectivity index (χ0n) is 9.81. The van der Waals surface area contributed by atoms with Gasteiger partial charge in [0, 0.05) is 14.1 Å². The molecule has 0 amide bonds. The van der Waals surface area contributed by atoms with Gasteiger partial charge in [-0.05, 0) is 24.6 Å². The number of hydrogen-bond donors (Lipinski definition) is 1. The molecule has 1 aromatic carbocycles. The first-order chi connectivity index (χ1) is 7.30. The first-order valence-corrected chi connectivity index (χ1v) is 6.11. The van der Waals surface area contributed by atoms with E-state index in [4.69, 9.17) is 10.5 Å². The number of anilines is 1. The summed E-state index contributed by atoms with van der Waals surface area (Å²) in [6.45, 7) is 1.78. The first-order valence-electron chi connectivity index (χ1n) is 4.67. The minimum Gasteiger partial charge on any atom is -0.493 e. The molecule has 2 N–H and O–H groups in total. The Morgan fingerprint density at radius 1 is 1.31 bits per heavy atom. The van der Waals surface area contributed by atoms with Crippen molar-refractivity contribution in [1.29, 1.82) is 0 Å². The quantitative estimate of drug-likeness (QED) is 0.800. The van der Waals surface area contributed by atoms with E-state index in [1.54, 1.807) is 19.1 Å². The van der Waals surface area contributed by atoms with E-state index in [1.165, 1.54) is 21.2 Å². The topological polar surface area (TPSA) is 72.6 Å². The summed E-state index contributed by atoms with van der Waals surface area (Å²) in [4.78, 5) is 0.0949. The zero-order valence-corrected chi connectivity index (χ0v) is 10.6. The average Bonchev–Trinajstić information content (AvgIpc) is 2.16. The summed E-state index contributed by atoms with van der Waals surface area (Å²) >= 11 is 0. The fourth-order valence-corrected chi connectivity index (χ4v) is 2.54. The Hall–Kier alpha value is -1.27. The molecular formula is C10H16N2O3S. The molecule has 5 nitrogen and oxygen atoms in total. The second-order valence-corrected chi connectivity index (χ2v) is 5.79. The second kappa shape index (κ2) is 4.31. The summed E-state index contributed by atoms with van der Waals surface area (Å²) in [5, 5.41) is 0. The minimum absolute atomic E-state index is 0.0949. The molecule has 0 fully saturated rings. The first kappa shape index (κ1) is 12.8. The highest BCUT2D eigenvalue weighted by Crippen LogP contribution is 2.32. The molecule has 1 aromatic rings. The molecule has 0 aliphatic carbocycles. The molecule has 0 aromatic heterocycles. The Morgan fingerprint density at radius 2 is 1.88 bits per heavy atom. The number of ether oxygens (including phenoxy) is 1. The minimum atomic E-state index is -3.54. The van der Waals surface area contributed by atoms with E-state index in [9.17, 15) is 8.42 Å². The Balaban J connectivity index is 3.56. The average molecular weight is 244 g/mol. The van der Waals surface area contributed by atoms with Crippen molar-refractivity contribution < 1.29 is 13.2 Å². The van der Waals surface area contributed by atoms with Gasteiger partial charge in [-0.15, -0.1) is 0 Å². The van der Waals surface area contributed by atoms with Gasteiger partial charge in [0.05, 0.1) is 12.8 Å². The van der Waals surface area contributed by atoms with Gasteiger partial charge in [0.2, 0.25) is 10.0 Å². The summed E-state index contributed by atoms with van der Waals surface area (Å²) in [6, 6.07) is 3.22. The monoisotopic (exact) mass is 244 g/mol. The lowest BCUT2D eigenvalue weighted by Gasteiger charge is -2.16. The Morgan fingerprint density at radius 3 is 2.31 bits per heavy atom. The number of nitrogen functional groups attached to an aromatic ring is 1. The highest BCUT2D eigenvalue weighted by atomic mass is 32.2. The van der Waals surface area contributed by atoms with Gasteiger partial charge in [0.15, 0.2) is 5.75 Å². The molecule has 0 bridgehead atoms. The summed E-state index contributed by atoms with van der Waals surface area (Å²) in [7, 11) is 0.793. The van der Waals surface area contributed by atoms with E-state index in [1.807, 2.05) is 0 Å². The molecule has 0 aliphatic rings. The molecule has 0 atom stereocenters. The third-order valence-electron chi connectivity index (χ3n) is 2.19. The molecule has 16 heavy (non-hydrogen) atoms. The van der Waals surface area contributed by atoms with Crippen LogP contribution in [-0.4, -0.2) is 33.9 Å². The van der Waals surface area contributed by atoms with E-state index in [0.29, 0.717) is 5.69 Å². The van der Waals surface area contributed by atoms with E-state index < -0.39 is 10.0 Å². The molecule has 0 heterocycles. The molecular weight excluding hydrogens is 228 g/mol. The highest BCUT2D eigenvalue weighted by molar-refractivity contribution is 7.89. The van der Waals surface area contributed by atoms with Crippen LogP contribution in [0.3, 0.4) is 0 Å². The van der Waals surface area contributed by atoms with Gasteiger partial charge in [-0.25, -0.2) is 12.7 Å². The number of methoxy groups -OCH3 is 1. The normalized spacial score (nSPS) is 11.8. The van der Waals surface area contributed by atoms with Crippen LogP contribution in [0.25, 0.3) is 0 Å². The van der Waals surface area contributed by atoms with Gasteiger partial charge in [-0.1, -0.05) is 0 Å². The van der Waals surface area contributed by atoms with Crippen LogP contribution < -0.4 is 10.5 Å². The van der Waals surface area contributed by atoms with Crippen LogP contribution in [0.1, 0.15) is 5.56 Å². The molecule has 0 spiro atoms. The van der Waals surface area contributed by atoms with E-state index in [2.05, 4.69) is 0 Å². The van der Waals surface area contributed by atoms with Gasteiger partial charge in [0.25, 0.3) is 0 Å². The van der Waals surface area contributed by atoms with Crippen LogP contribution in [0.5, 0.6) is 5.75 Å². The third kappa shape index (κ3) is 2.12. The fraction of sp³-hybridized carbons (Fsp3) is 0.400. The van der Waals surface area contributed by atoms with E-state index in [-0.39, 0.29) is 10.6 Å². The van der Waals surface area contributed by atoms with Crippen molar-refractivity contribution in [2.24, 2.45) is 0 Å². The van der Waals surface area contributed by atoms with Gasteiger partial charge in [0.1, 0.15) is 4.90 Å². The molecule has 0 radical (unpaired) electrons. The van der Waals surface area contributed by atoms with Gasteiger partial charge >= 0.3 is 0 Å². The van der Waals surface area contributed by atoms with Crippen LogP contribution in [0.4, 0.5) is 5.69 Å². The van der Waals surface area contributed by atoms with Crippen LogP contribution in [0.15, 0.2) is 17.0 Å². The lowest BCUT2D eigenvalue weighted by atomic mass is 10.2. The van der Waals surface area contributed by atoms with Gasteiger partial charge in [-0.3, -0.25) is 0 Å². The molecule has 0 aliphatic heterocycles. The second-order valence-electron chi connectivity index (χ2n) is 3.67. The molecule has 0 saturated carbocycles. The largest absolute Gasteiger partial charge is 0.493 e. The summed E-state index contributed by atoms with van der Waals surface area (Å²) in [5.74, 6) is 0.194. The van der Waals surface area contributed by atoms with Gasteiger partial charge in [-0.2, -0.15) is 0 Å². The van der Waals surface area contributed by atoms with Crippen molar-refractivity contribution in [3.63, 3.8) is 0 Å². The lowest BCUT2D eigenvalue weighted by molar-refractivity contribution is 0.402. The smallest absolute Gasteiger partial charge is 0.246 e. The molecule has 0 unspecified atom stereocenters. The van der Waals surface area contributed by atoms with Crippen molar-refractivity contribution in [2.75, 3.05) is 26.9 Å². The van der Waals surface area contributed by atoms with Crippen molar-refractivity contribution in [2.45, 2.75) is 11.8 Å². The van der Waals surface area contributed by atoms with Crippen molar-refractivity contribution in [3.05, 3.63) is 17.7 Å². The van der Waals surface area contributed by atoms with Crippen molar-refractivity contribution in [3.8, 4) is 5.75 Å². The SMILES string of the molecule is COc1c(N)cc(C)cc1S(=O)(=O)N(C)C. The van der Waals surface area contributed by atoms with E-state index >= 15 is 0 Å². The number of rotatable bonds is 3. The number of aryl methyl sites for hydroxylation is 1. The third-order valence-corrected chi connectivity index (χ3v) is 4.01. The Bertz CT molecular complexity index is 495. The number of sulfonamides is 1.